The largest absolute Gasteiger partial charge is 0.493 e. The first kappa shape index (κ1) is 16.7. The van der Waals surface area contributed by atoms with Crippen LogP contribution in [0.4, 0.5) is 5.69 Å². The molecular formula is C20H23N3O3. The fraction of sp³-hybridized carbons (Fsp3) is 0.400. The number of aromatic nitrogens is 1. The van der Waals surface area contributed by atoms with Gasteiger partial charge in [-0.2, -0.15) is 0 Å². The summed E-state index contributed by atoms with van der Waals surface area (Å²) in [6, 6.07) is 8.29. The second-order valence-electron chi connectivity index (χ2n) is 6.80. The number of fused-ring (bicyclic) bond motifs is 1. The topological polar surface area (TPSA) is 63.7 Å². The molecule has 1 amide bonds. The molecule has 0 atom stereocenters. The second-order valence-corrected chi connectivity index (χ2v) is 6.80. The van der Waals surface area contributed by atoms with Gasteiger partial charge in [-0.3, -0.25) is 9.78 Å². The Morgan fingerprint density at radius 3 is 2.58 bits per heavy atom. The van der Waals surface area contributed by atoms with E-state index in [0.717, 1.165) is 23.4 Å². The van der Waals surface area contributed by atoms with Gasteiger partial charge in [-0.05, 0) is 54.7 Å². The number of benzene rings is 1. The van der Waals surface area contributed by atoms with Gasteiger partial charge in [0.25, 0.3) is 5.91 Å². The molecule has 4 rings (SSSR count). The molecule has 136 valence electrons. The number of rotatable bonds is 5. The van der Waals surface area contributed by atoms with Gasteiger partial charge in [-0.15, -0.1) is 0 Å². The van der Waals surface area contributed by atoms with E-state index < -0.39 is 0 Å². The molecule has 0 spiro atoms. The lowest BCUT2D eigenvalue weighted by molar-refractivity contribution is 0.0728. The molecule has 6 heteroatoms. The van der Waals surface area contributed by atoms with Gasteiger partial charge in [0.1, 0.15) is 5.69 Å². The van der Waals surface area contributed by atoms with Gasteiger partial charge in [-0.25, -0.2) is 0 Å². The van der Waals surface area contributed by atoms with Crippen molar-refractivity contribution in [3.05, 3.63) is 47.3 Å². The summed E-state index contributed by atoms with van der Waals surface area (Å²) in [6.45, 7) is 1.22. The van der Waals surface area contributed by atoms with Gasteiger partial charge >= 0.3 is 0 Å². The Morgan fingerprint density at radius 1 is 1.15 bits per heavy atom. The Morgan fingerprint density at radius 2 is 1.88 bits per heavy atom. The number of hydrogen-bond acceptors (Lipinski definition) is 5. The van der Waals surface area contributed by atoms with Gasteiger partial charge in [0, 0.05) is 31.0 Å². The summed E-state index contributed by atoms with van der Waals surface area (Å²) in [5.41, 5.74) is 3.74. The van der Waals surface area contributed by atoms with Crippen LogP contribution in [0.5, 0.6) is 11.5 Å². The van der Waals surface area contributed by atoms with Crippen molar-refractivity contribution in [1.82, 2.24) is 9.88 Å². The van der Waals surface area contributed by atoms with Crippen LogP contribution in [0, 0.1) is 0 Å². The lowest BCUT2D eigenvalue weighted by Gasteiger charge is -2.29. The average molecular weight is 353 g/mol. The predicted molar refractivity (Wildman–Crippen MR) is 98.9 cm³/mol. The molecule has 1 saturated carbocycles. The molecule has 1 aromatic carbocycles. The minimum atomic E-state index is -0.0371. The quantitative estimate of drug-likeness (QED) is 0.895. The highest BCUT2D eigenvalue weighted by atomic mass is 16.5. The number of anilines is 1. The summed E-state index contributed by atoms with van der Waals surface area (Å²) in [7, 11) is 3.26. The summed E-state index contributed by atoms with van der Waals surface area (Å²) in [5.74, 6) is 1.38. The van der Waals surface area contributed by atoms with Crippen molar-refractivity contribution in [2.45, 2.75) is 31.8 Å². The van der Waals surface area contributed by atoms with E-state index in [0.29, 0.717) is 30.6 Å². The van der Waals surface area contributed by atoms with Crippen LogP contribution in [0.1, 0.15) is 34.5 Å². The Balaban J connectivity index is 1.53. The van der Waals surface area contributed by atoms with Gasteiger partial charge in [0.2, 0.25) is 0 Å². The van der Waals surface area contributed by atoms with Gasteiger partial charge in [0.15, 0.2) is 11.5 Å². The molecule has 0 radical (unpaired) electrons. The zero-order valence-corrected chi connectivity index (χ0v) is 15.1. The Bertz CT molecular complexity index is 833. The molecule has 1 N–H and O–H groups in total. The number of nitrogens with one attached hydrogen (secondary N) is 1. The molecule has 26 heavy (non-hydrogen) atoms. The number of amides is 1. The second kappa shape index (κ2) is 6.86. The van der Waals surface area contributed by atoms with Crippen LogP contribution in [0.2, 0.25) is 0 Å². The smallest absolute Gasteiger partial charge is 0.272 e. The molecule has 0 bridgehead atoms. The fourth-order valence-corrected chi connectivity index (χ4v) is 3.32. The van der Waals surface area contributed by atoms with Crippen LogP contribution < -0.4 is 14.8 Å². The van der Waals surface area contributed by atoms with Crippen LogP contribution in [-0.2, 0) is 13.0 Å². The van der Waals surface area contributed by atoms with Crippen molar-refractivity contribution < 1.29 is 14.3 Å². The van der Waals surface area contributed by atoms with Crippen molar-refractivity contribution >= 4 is 11.6 Å². The standard InChI is InChI=1S/C20H23N3O3/c1-25-18-9-13-6-8-23(12-14(13)10-19(18)26-2)20(24)17-11-16(5-7-21-17)22-15-3-4-15/h5,7,9-11,15H,3-4,6,8,12H2,1-2H3,(H,21,22). The summed E-state index contributed by atoms with van der Waals surface area (Å²) >= 11 is 0. The third-order valence-electron chi connectivity index (χ3n) is 4.93. The van der Waals surface area contributed by atoms with Crippen LogP contribution in [-0.4, -0.2) is 42.6 Å². The van der Waals surface area contributed by atoms with Gasteiger partial charge in [-0.1, -0.05) is 0 Å². The predicted octanol–water partition coefficient (Wildman–Crippen LogP) is 2.87. The number of methoxy groups -OCH3 is 2. The molecule has 1 aliphatic carbocycles. The summed E-state index contributed by atoms with van der Waals surface area (Å²) in [5, 5.41) is 3.42. The monoisotopic (exact) mass is 353 g/mol. The third-order valence-corrected chi connectivity index (χ3v) is 4.93. The minimum absolute atomic E-state index is 0.0371. The Hall–Kier alpha value is -2.76. The zero-order valence-electron chi connectivity index (χ0n) is 15.1. The molecule has 2 heterocycles. The maximum atomic E-state index is 12.9. The van der Waals surface area contributed by atoms with Gasteiger partial charge < -0.3 is 19.7 Å². The van der Waals surface area contributed by atoms with Crippen molar-refractivity contribution in [1.29, 1.82) is 0 Å². The average Bonchev–Trinajstić information content (AvgIpc) is 3.50. The maximum absolute atomic E-state index is 12.9. The van der Waals surface area contributed by atoms with Crippen LogP contribution in [0.15, 0.2) is 30.5 Å². The number of ether oxygens (including phenoxy) is 2. The molecule has 1 aliphatic heterocycles. The first-order valence-electron chi connectivity index (χ1n) is 8.93. The van der Waals surface area contributed by atoms with E-state index in [1.165, 1.54) is 18.4 Å². The van der Waals surface area contributed by atoms with E-state index in [1.807, 2.05) is 29.2 Å². The number of carbonyl (C=O) groups excluding carboxylic acids is 1. The first-order valence-corrected chi connectivity index (χ1v) is 8.93. The highest BCUT2D eigenvalue weighted by Crippen LogP contribution is 2.33. The summed E-state index contributed by atoms with van der Waals surface area (Å²) in [4.78, 5) is 19.0. The van der Waals surface area contributed by atoms with E-state index in [4.69, 9.17) is 9.47 Å². The first-order chi connectivity index (χ1) is 12.7. The van der Waals surface area contributed by atoms with Crippen LogP contribution in [0.25, 0.3) is 0 Å². The highest BCUT2D eigenvalue weighted by Gasteiger charge is 2.25. The lowest BCUT2D eigenvalue weighted by atomic mass is 9.98. The van der Waals surface area contributed by atoms with Crippen molar-refractivity contribution in [3.63, 3.8) is 0 Å². The molecule has 0 saturated heterocycles. The van der Waals surface area contributed by atoms with Gasteiger partial charge in [0.05, 0.1) is 14.2 Å². The lowest BCUT2D eigenvalue weighted by Crippen LogP contribution is -2.36. The van der Waals surface area contributed by atoms with E-state index in [-0.39, 0.29) is 5.91 Å². The maximum Gasteiger partial charge on any atom is 0.272 e. The molecule has 1 fully saturated rings. The third kappa shape index (κ3) is 3.31. The Kier molecular flexibility index (Phi) is 4.41. The number of carbonyl (C=O) groups is 1. The molecule has 2 aromatic rings. The van der Waals surface area contributed by atoms with Crippen molar-refractivity contribution in [2.24, 2.45) is 0 Å². The summed E-state index contributed by atoms with van der Waals surface area (Å²) < 4.78 is 10.8. The Labute approximate surface area is 153 Å². The molecule has 2 aliphatic rings. The zero-order chi connectivity index (χ0) is 18.1. The van der Waals surface area contributed by atoms with Crippen molar-refractivity contribution in [3.8, 4) is 11.5 Å². The number of hydrogen-bond donors (Lipinski definition) is 1. The van der Waals surface area contributed by atoms with E-state index in [9.17, 15) is 4.79 Å². The normalized spacial score (nSPS) is 16.0. The van der Waals surface area contributed by atoms with Crippen LogP contribution in [0.3, 0.4) is 0 Å². The number of nitrogens with zero attached hydrogens (tertiary/aromatic N) is 2. The minimum Gasteiger partial charge on any atom is -0.493 e. The number of pyridine rings is 1. The van der Waals surface area contributed by atoms with E-state index in [2.05, 4.69) is 10.3 Å². The SMILES string of the molecule is COc1cc2c(cc1OC)CN(C(=O)c1cc(NC3CC3)ccn1)CC2. The molecule has 0 unspecified atom stereocenters. The summed E-state index contributed by atoms with van der Waals surface area (Å²) in [6.07, 6.45) is 4.88. The highest BCUT2D eigenvalue weighted by molar-refractivity contribution is 5.93. The molecule has 6 nitrogen and oxygen atoms in total. The fourth-order valence-electron chi connectivity index (χ4n) is 3.32. The molecular weight excluding hydrogens is 330 g/mol. The van der Waals surface area contributed by atoms with E-state index >= 15 is 0 Å². The molecule has 1 aromatic heterocycles. The van der Waals surface area contributed by atoms with Crippen LogP contribution >= 0.6 is 0 Å². The van der Waals surface area contributed by atoms with Crippen molar-refractivity contribution in [2.75, 3.05) is 26.1 Å². The van der Waals surface area contributed by atoms with E-state index in [1.54, 1.807) is 20.4 Å².